The Kier molecular flexibility index (Phi) is 4.63. The highest BCUT2D eigenvalue weighted by Gasteiger charge is 2.13. The quantitative estimate of drug-likeness (QED) is 0.832. The molecule has 0 aromatic heterocycles. The number of nitrogens with two attached hydrogens (primary N) is 1. The van der Waals surface area contributed by atoms with E-state index in [1.54, 1.807) is 11.9 Å². The average molecular weight is 250 g/mol. The van der Waals surface area contributed by atoms with Gasteiger partial charge in [0.1, 0.15) is 0 Å². The Balaban J connectivity index is 2.78. The zero-order chi connectivity index (χ0) is 13.0. The standard InChI is InChI=1S/C13H18N2OS/c1-9-4-5-11(10(2)8-9)13(16)15(3)7-6-12(14)17/h4-5,8H,6-7H2,1-3H3,(H2,14,17). The molecule has 4 heteroatoms. The third kappa shape index (κ3) is 3.82. The summed E-state index contributed by atoms with van der Waals surface area (Å²) in [5.41, 5.74) is 8.31. The van der Waals surface area contributed by atoms with Crippen LogP contribution in [0.2, 0.25) is 0 Å². The molecule has 1 aromatic carbocycles. The first-order chi connectivity index (χ1) is 7.91. The van der Waals surface area contributed by atoms with E-state index in [0.717, 1.165) is 16.7 Å². The Morgan fingerprint density at radius 1 is 1.41 bits per heavy atom. The molecule has 1 amide bonds. The molecular weight excluding hydrogens is 232 g/mol. The van der Waals surface area contributed by atoms with Crippen LogP contribution in [-0.4, -0.2) is 29.4 Å². The second-order valence-corrected chi connectivity index (χ2v) is 4.79. The molecule has 3 nitrogen and oxygen atoms in total. The average Bonchev–Trinajstić information content (AvgIpc) is 2.25. The molecule has 0 spiro atoms. The number of benzene rings is 1. The number of hydrogen-bond donors (Lipinski definition) is 1. The molecule has 17 heavy (non-hydrogen) atoms. The maximum absolute atomic E-state index is 12.1. The van der Waals surface area contributed by atoms with E-state index >= 15 is 0 Å². The molecule has 0 fully saturated rings. The van der Waals surface area contributed by atoms with Crippen LogP contribution in [0.5, 0.6) is 0 Å². The van der Waals surface area contributed by atoms with Crippen molar-refractivity contribution in [3.63, 3.8) is 0 Å². The summed E-state index contributed by atoms with van der Waals surface area (Å²) >= 11 is 4.80. The van der Waals surface area contributed by atoms with Gasteiger partial charge in [0.05, 0.1) is 4.99 Å². The minimum Gasteiger partial charge on any atom is -0.393 e. The topological polar surface area (TPSA) is 46.3 Å². The Labute approximate surface area is 108 Å². The van der Waals surface area contributed by atoms with E-state index < -0.39 is 0 Å². The van der Waals surface area contributed by atoms with Gasteiger partial charge in [0.25, 0.3) is 5.91 Å². The van der Waals surface area contributed by atoms with Gasteiger partial charge in [-0.15, -0.1) is 0 Å². The van der Waals surface area contributed by atoms with Crippen LogP contribution in [0.25, 0.3) is 0 Å². The van der Waals surface area contributed by atoms with Crippen LogP contribution in [0, 0.1) is 13.8 Å². The van der Waals surface area contributed by atoms with Gasteiger partial charge >= 0.3 is 0 Å². The third-order valence-corrected chi connectivity index (χ3v) is 2.86. The first-order valence-corrected chi connectivity index (χ1v) is 5.93. The minimum absolute atomic E-state index is 0.0127. The number of thiocarbonyl (C=S) groups is 1. The molecule has 92 valence electrons. The SMILES string of the molecule is Cc1ccc(C(=O)N(C)CCC(N)=S)c(C)c1. The monoisotopic (exact) mass is 250 g/mol. The summed E-state index contributed by atoms with van der Waals surface area (Å²) in [7, 11) is 1.76. The van der Waals surface area contributed by atoms with E-state index in [-0.39, 0.29) is 5.91 Å². The van der Waals surface area contributed by atoms with E-state index in [9.17, 15) is 4.79 Å². The van der Waals surface area contributed by atoms with Crippen molar-refractivity contribution in [2.24, 2.45) is 5.73 Å². The van der Waals surface area contributed by atoms with Crippen molar-refractivity contribution in [2.75, 3.05) is 13.6 Å². The number of nitrogens with zero attached hydrogens (tertiary/aromatic N) is 1. The van der Waals surface area contributed by atoms with Gasteiger partial charge < -0.3 is 10.6 Å². The van der Waals surface area contributed by atoms with Crippen molar-refractivity contribution in [2.45, 2.75) is 20.3 Å². The van der Waals surface area contributed by atoms with Gasteiger partial charge in [-0.05, 0) is 25.5 Å². The molecule has 2 N–H and O–H groups in total. The van der Waals surface area contributed by atoms with Crippen molar-refractivity contribution < 1.29 is 4.79 Å². The van der Waals surface area contributed by atoms with Crippen LogP contribution in [0.1, 0.15) is 27.9 Å². The summed E-state index contributed by atoms with van der Waals surface area (Å²) in [5, 5.41) is 0. The fraction of sp³-hybridized carbons (Fsp3) is 0.385. The van der Waals surface area contributed by atoms with Crippen molar-refractivity contribution in [1.29, 1.82) is 0 Å². The molecular formula is C13H18N2OS. The van der Waals surface area contributed by atoms with Gasteiger partial charge in [-0.25, -0.2) is 0 Å². The van der Waals surface area contributed by atoms with Crippen LogP contribution in [0.3, 0.4) is 0 Å². The van der Waals surface area contributed by atoms with E-state index in [1.807, 2.05) is 32.0 Å². The van der Waals surface area contributed by atoms with Crippen molar-refractivity contribution in [3.8, 4) is 0 Å². The van der Waals surface area contributed by atoms with E-state index in [4.69, 9.17) is 18.0 Å². The molecule has 0 aliphatic heterocycles. The summed E-state index contributed by atoms with van der Waals surface area (Å²) in [6, 6.07) is 5.82. The number of aryl methyl sites for hydroxylation is 2. The highest BCUT2D eigenvalue weighted by Crippen LogP contribution is 2.12. The first kappa shape index (κ1) is 13.6. The van der Waals surface area contributed by atoms with Gasteiger partial charge in [0.15, 0.2) is 0 Å². The Morgan fingerprint density at radius 2 is 2.06 bits per heavy atom. The van der Waals surface area contributed by atoms with Crippen LogP contribution >= 0.6 is 12.2 Å². The molecule has 0 bridgehead atoms. The minimum atomic E-state index is 0.0127. The number of carbonyl (C=O) groups is 1. The van der Waals surface area contributed by atoms with Crippen LogP contribution in [0.4, 0.5) is 0 Å². The summed E-state index contributed by atoms with van der Waals surface area (Å²) in [4.78, 5) is 14.2. The molecule has 0 aliphatic carbocycles. The fourth-order valence-corrected chi connectivity index (χ4v) is 1.73. The number of hydrogen-bond acceptors (Lipinski definition) is 2. The lowest BCUT2D eigenvalue weighted by molar-refractivity contribution is 0.0798. The molecule has 1 rings (SSSR count). The lowest BCUT2D eigenvalue weighted by Gasteiger charge is -2.18. The molecule has 0 radical (unpaired) electrons. The normalized spacial score (nSPS) is 10.1. The highest BCUT2D eigenvalue weighted by atomic mass is 32.1. The summed E-state index contributed by atoms with van der Waals surface area (Å²) in [5.74, 6) is 0.0127. The van der Waals surface area contributed by atoms with Crippen LogP contribution in [0.15, 0.2) is 18.2 Å². The van der Waals surface area contributed by atoms with E-state index in [0.29, 0.717) is 18.0 Å². The lowest BCUT2D eigenvalue weighted by atomic mass is 10.0. The second-order valence-electron chi connectivity index (χ2n) is 4.26. The van der Waals surface area contributed by atoms with Crippen molar-refractivity contribution in [3.05, 3.63) is 34.9 Å². The zero-order valence-electron chi connectivity index (χ0n) is 10.5. The van der Waals surface area contributed by atoms with Gasteiger partial charge in [-0.2, -0.15) is 0 Å². The smallest absolute Gasteiger partial charge is 0.253 e. The predicted molar refractivity (Wildman–Crippen MR) is 74.3 cm³/mol. The van der Waals surface area contributed by atoms with Crippen LogP contribution < -0.4 is 5.73 Å². The Hall–Kier alpha value is -1.42. The maximum atomic E-state index is 12.1. The fourth-order valence-electron chi connectivity index (χ4n) is 1.64. The van der Waals surface area contributed by atoms with Gasteiger partial charge in [-0.3, -0.25) is 4.79 Å². The number of carbonyl (C=O) groups excluding carboxylic acids is 1. The molecule has 0 saturated carbocycles. The van der Waals surface area contributed by atoms with Crippen molar-refractivity contribution >= 4 is 23.1 Å². The van der Waals surface area contributed by atoms with E-state index in [2.05, 4.69) is 0 Å². The van der Waals surface area contributed by atoms with Gasteiger partial charge in [-0.1, -0.05) is 29.9 Å². The van der Waals surface area contributed by atoms with E-state index in [1.165, 1.54) is 0 Å². The summed E-state index contributed by atoms with van der Waals surface area (Å²) < 4.78 is 0. The predicted octanol–water partition coefficient (Wildman–Crippen LogP) is 2.05. The first-order valence-electron chi connectivity index (χ1n) is 5.53. The lowest BCUT2D eigenvalue weighted by Crippen LogP contribution is -2.30. The number of rotatable bonds is 4. The molecule has 0 heterocycles. The molecule has 0 atom stereocenters. The summed E-state index contributed by atoms with van der Waals surface area (Å²) in [6.45, 7) is 4.51. The van der Waals surface area contributed by atoms with Crippen LogP contribution in [-0.2, 0) is 0 Å². The van der Waals surface area contributed by atoms with Gasteiger partial charge in [0, 0.05) is 25.6 Å². The highest BCUT2D eigenvalue weighted by molar-refractivity contribution is 7.80. The van der Waals surface area contributed by atoms with Gasteiger partial charge in [0.2, 0.25) is 0 Å². The third-order valence-electron chi connectivity index (χ3n) is 2.65. The summed E-state index contributed by atoms with van der Waals surface area (Å²) in [6.07, 6.45) is 0.558. The Bertz CT molecular complexity index is 443. The van der Waals surface area contributed by atoms with Crippen molar-refractivity contribution in [1.82, 2.24) is 4.90 Å². The number of amides is 1. The maximum Gasteiger partial charge on any atom is 0.253 e. The second kappa shape index (κ2) is 5.77. The molecule has 0 saturated heterocycles. The Morgan fingerprint density at radius 3 is 2.59 bits per heavy atom. The molecule has 0 aliphatic rings. The molecule has 1 aromatic rings. The largest absolute Gasteiger partial charge is 0.393 e. The zero-order valence-corrected chi connectivity index (χ0v) is 11.3. The molecule has 0 unspecified atom stereocenters.